The highest BCUT2D eigenvalue weighted by atomic mass is 32.2. The molecule has 1 saturated heterocycles. The van der Waals surface area contributed by atoms with Crippen molar-refractivity contribution in [3.8, 4) is 11.3 Å². The summed E-state index contributed by atoms with van der Waals surface area (Å²) in [5.41, 5.74) is 0.952. The van der Waals surface area contributed by atoms with Crippen LogP contribution >= 0.6 is 11.8 Å². The van der Waals surface area contributed by atoms with Crippen LogP contribution in [0.3, 0.4) is 0 Å². The van der Waals surface area contributed by atoms with Crippen molar-refractivity contribution in [1.29, 1.82) is 0 Å². The Bertz CT molecular complexity index is 941. The quantitative estimate of drug-likeness (QED) is 0.633. The molecule has 6 heteroatoms. The van der Waals surface area contributed by atoms with E-state index in [1.54, 1.807) is 24.3 Å². The Morgan fingerprint density at radius 2 is 1.84 bits per heavy atom. The second-order valence-corrected chi connectivity index (χ2v) is 6.41. The highest BCUT2D eigenvalue weighted by Crippen LogP contribution is 2.34. The van der Waals surface area contributed by atoms with Gasteiger partial charge in [-0.05, 0) is 36.0 Å². The summed E-state index contributed by atoms with van der Waals surface area (Å²) in [5.74, 6) is 1.46. The van der Waals surface area contributed by atoms with Gasteiger partial charge in [0.2, 0.25) is 0 Å². The molecule has 0 spiro atoms. The Morgan fingerprint density at radius 3 is 2.60 bits per heavy atom. The molecule has 1 aliphatic heterocycles. The summed E-state index contributed by atoms with van der Waals surface area (Å²) in [6.07, 6.45) is 3.11. The molecule has 0 bridgehead atoms. The molecule has 0 N–H and O–H groups in total. The van der Waals surface area contributed by atoms with Crippen molar-refractivity contribution in [3.63, 3.8) is 0 Å². The minimum Gasteiger partial charge on any atom is -0.467 e. The third kappa shape index (κ3) is 3.16. The summed E-state index contributed by atoms with van der Waals surface area (Å²) in [6.45, 7) is 0.127. The molecule has 0 atom stereocenters. The number of rotatable bonds is 4. The second-order valence-electron chi connectivity index (χ2n) is 5.42. The van der Waals surface area contributed by atoms with Gasteiger partial charge in [0, 0.05) is 11.6 Å². The van der Waals surface area contributed by atoms with Gasteiger partial charge in [-0.3, -0.25) is 14.5 Å². The first-order valence-electron chi connectivity index (χ1n) is 7.64. The van der Waals surface area contributed by atoms with E-state index in [0.717, 1.165) is 22.2 Å². The van der Waals surface area contributed by atoms with Crippen molar-refractivity contribution in [2.45, 2.75) is 6.54 Å². The Labute approximate surface area is 147 Å². The lowest BCUT2D eigenvalue weighted by Gasteiger charge is -2.09. The zero-order valence-corrected chi connectivity index (χ0v) is 13.9. The summed E-state index contributed by atoms with van der Waals surface area (Å²) in [7, 11) is 0. The van der Waals surface area contributed by atoms with Crippen LogP contribution in [0.1, 0.15) is 11.5 Å². The molecule has 0 unspecified atom stereocenters. The predicted molar refractivity (Wildman–Crippen MR) is 94.4 cm³/mol. The van der Waals surface area contributed by atoms with E-state index in [4.69, 9.17) is 8.83 Å². The second kappa shape index (κ2) is 6.49. The highest BCUT2D eigenvalue weighted by molar-refractivity contribution is 8.18. The minimum atomic E-state index is -0.343. The maximum Gasteiger partial charge on any atom is 0.293 e. The first-order valence-corrected chi connectivity index (χ1v) is 8.45. The number of nitrogens with zero attached hydrogens (tertiary/aromatic N) is 1. The summed E-state index contributed by atoms with van der Waals surface area (Å²) >= 11 is 0.900. The molecule has 1 aromatic carbocycles. The van der Waals surface area contributed by atoms with E-state index >= 15 is 0 Å². The summed E-state index contributed by atoms with van der Waals surface area (Å²) < 4.78 is 11.0. The lowest BCUT2D eigenvalue weighted by Crippen LogP contribution is -2.27. The van der Waals surface area contributed by atoms with Gasteiger partial charge in [-0.2, -0.15) is 0 Å². The topological polar surface area (TPSA) is 63.7 Å². The first-order chi connectivity index (χ1) is 12.2. The number of carbonyl (C=O) groups is 2. The Balaban J connectivity index is 1.55. The van der Waals surface area contributed by atoms with Crippen LogP contribution < -0.4 is 0 Å². The van der Waals surface area contributed by atoms with Crippen molar-refractivity contribution in [2.75, 3.05) is 0 Å². The van der Waals surface area contributed by atoms with Crippen molar-refractivity contribution in [1.82, 2.24) is 4.90 Å². The van der Waals surface area contributed by atoms with Gasteiger partial charge in [-0.15, -0.1) is 0 Å². The molecular formula is C19H13NO4S. The van der Waals surface area contributed by atoms with Crippen LogP contribution in [0.5, 0.6) is 0 Å². The SMILES string of the molecule is O=C1S/C(=C\c2ccc(-c3ccccc3)o2)C(=O)N1Cc1ccco1. The highest BCUT2D eigenvalue weighted by Gasteiger charge is 2.35. The third-order valence-corrected chi connectivity index (χ3v) is 4.63. The van der Waals surface area contributed by atoms with Gasteiger partial charge in [0.25, 0.3) is 11.1 Å². The van der Waals surface area contributed by atoms with Gasteiger partial charge >= 0.3 is 0 Å². The Morgan fingerprint density at radius 1 is 1.00 bits per heavy atom. The molecule has 0 saturated carbocycles. The fourth-order valence-electron chi connectivity index (χ4n) is 2.51. The Kier molecular flexibility index (Phi) is 4.03. The van der Waals surface area contributed by atoms with Gasteiger partial charge < -0.3 is 8.83 Å². The number of hydrogen-bond donors (Lipinski definition) is 0. The molecule has 5 nitrogen and oxygen atoms in total. The predicted octanol–water partition coefficient (Wildman–Crippen LogP) is 4.78. The maximum atomic E-state index is 12.5. The largest absolute Gasteiger partial charge is 0.467 e. The average molecular weight is 351 g/mol. The number of amides is 2. The van der Waals surface area contributed by atoms with Crippen LogP contribution in [-0.4, -0.2) is 16.0 Å². The zero-order valence-electron chi connectivity index (χ0n) is 13.0. The zero-order chi connectivity index (χ0) is 17.2. The Hall–Kier alpha value is -2.99. The molecule has 1 aliphatic rings. The lowest BCUT2D eigenvalue weighted by atomic mass is 10.2. The van der Waals surface area contributed by atoms with Gasteiger partial charge in [0.1, 0.15) is 17.3 Å². The summed E-state index contributed by atoms with van der Waals surface area (Å²) in [5, 5.41) is -0.317. The number of carbonyl (C=O) groups excluding carboxylic acids is 2. The maximum absolute atomic E-state index is 12.5. The van der Waals surface area contributed by atoms with Gasteiger partial charge in [-0.1, -0.05) is 30.3 Å². The van der Waals surface area contributed by atoms with Crippen LogP contribution in [0.15, 0.2) is 74.6 Å². The summed E-state index contributed by atoms with van der Waals surface area (Å²) in [4.78, 5) is 26.1. The number of furan rings is 2. The van der Waals surface area contributed by atoms with Crippen molar-refractivity contribution >= 4 is 29.0 Å². The molecule has 0 radical (unpaired) electrons. The smallest absolute Gasteiger partial charge is 0.293 e. The van der Waals surface area contributed by atoms with E-state index < -0.39 is 0 Å². The number of imide groups is 1. The molecule has 4 rings (SSSR count). The lowest BCUT2D eigenvalue weighted by molar-refractivity contribution is -0.123. The molecule has 2 aromatic heterocycles. The monoisotopic (exact) mass is 351 g/mol. The molecule has 25 heavy (non-hydrogen) atoms. The number of benzene rings is 1. The normalized spacial score (nSPS) is 16.2. The van der Waals surface area contributed by atoms with E-state index in [1.165, 1.54) is 6.26 Å². The number of thioether (sulfide) groups is 1. The minimum absolute atomic E-state index is 0.127. The molecule has 1 fully saturated rings. The standard InChI is InChI=1S/C19H13NO4S/c21-18-17(25-19(22)20(18)12-15-7-4-10-23-15)11-14-8-9-16(24-14)13-5-2-1-3-6-13/h1-11H,12H2/b17-11-. The van der Waals surface area contributed by atoms with Gasteiger partial charge in [-0.25, -0.2) is 0 Å². The summed E-state index contributed by atoms with van der Waals surface area (Å²) in [6, 6.07) is 16.7. The van der Waals surface area contributed by atoms with Crippen LogP contribution in [-0.2, 0) is 11.3 Å². The van der Waals surface area contributed by atoms with Gasteiger partial charge in [0.15, 0.2) is 0 Å². The number of hydrogen-bond acceptors (Lipinski definition) is 5. The van der Waals surface area contributed by atoms with E-state index in [-0.39, 0.29) is 17.7 Å². The molecule has 2 amide bonds. The fourth-order valence-corrected chi connectivity index (χ4v) is 3.33. The third-order valence-electron chi connectivity index (χ3n) is 3.73. The van der Waals surface area contributed by atoms with Crippen LogP contribution in [0.4, 0.5) is 4.79 Å². The fraction of sp³-hybridized carbons (Fsp3) is 0.0526. The van der Waals surface area contributed by atoms with Crippen LogP contribution in [0, 0.1) is 0 Å². The van der Waals surface area contributed by atoms with E-state index in [9.17, 15) is 9.59 Å². The van der Waals surface area contributed by atoms with Gasteiger partial charge in [0.05, 0.1) is 17.7 Å². The van der Waals surface area contributed by atoms with Crippen molar-refractivity contribution in [2.24, 2.45) is 0 Å². The molecule has 3 aromatic rings. The molecule has 3 heterocycles. The van der Waals surface area contributed by atoms with E-state index in [1.807, 2.05) is 36.4 Å². The van der Waals surface area contributed by atoms with Crippen molar-refractivity contribution < 1.29 is 18.4 Å². The average Bonchev–Trinajstić information content (AvgIpc) is 3.35. The van der Waals surface area contributed by atoms with Crippen molar-refractivity contribution in [3.05, 3.63) is 77.3 Å². The molecule has 0 aliphatic carbocycles. The van der Waals surface area contributed by atoms with E-state index in [0.29, 0.717) is 22.2 Å². The molecular weight excluding hydrogens is 338 g/mol. The van der Waals surface area contributed by atoms with E-state index in [2.05, 4.69) is 0 Å². The van der Waals surface area contributed by atoms with Crippen LogP contribution in [0.25, 0.3) is 17.4 Å². The van der Waals surface area contributed by atoms with Crippen LogP contribution in [0.2, 0.25) is 0 Å². The molecule has 124 valence electrons. The first kappa shape index (κ1) is 15.5.